The lowest BCUT2D eigenvalue weighted by molar-refractivity contribution is -0.856. The number of hydrogen-bond acceptors (Lipinski definition) is 2. The molecule has 1 aromatic carbocycles. The maximum atomic E-state index is 14.3. The van der Waals surface area contributed by atoms with Crippen LogP contribution < -0.4 is 4.48 Å². The molecule has 4 nitrogen and oxygen atoms in total. The van der Waals surface area contributed by atoms with Crippen LogP contribution in [0.25, 0.3) is 0 Å². The molecule has 5 heteroatoms. The van der Waals surface area contributed by atoms with Gasteiger partial charge in [0.1, 0.15) is 17.5 Å². The van der Waals surface area contributed by atoms with E-state index in [1.165, 1.54) is 51.4 Å². The average molecular weight is 389 g/mol. The van der Waals surface area contributed by atoms with Gasteiger partial charge in [0.25, 0.3) is 0 Å². The number of rotatable bonds is 3. The van der Waals surface area contributed by atoms with Gasteiger partial charge in [-0.25, -0.2) is 13.4 Å². The fourth-order valence-electron chi connectivity index (χ4n) is 5.90. The van der Waals surface area contributed by atoms with Crippen molar-refractivity contribution in [3.05, 3.63) is 30.1 Å². The highest BCUT2D eigenvalue weighted by molar-refractivity contribution is 5.51. The van der Waals surface area contributed by atoms with Gasteiger partial charge < -0.3 is 4.90 Å². The van der Waals surface area contributed by atoms with Crippen molar-refractivity contribution < 1.29 is 8.87 Å². The van der Waals surface area contributed by atoms with Gasteiger partial charge in [0, 0.05) is 44.8 Å². The number of halogens is 1. The minimum atomic E-state index is -0.119. The van der Waals surface area contributed by atoms with Crippen LogP contribution in [0.1, 0.15) is 51.4 Å². The van der Waals surface area contributed by atoms with Crippen LogP contribution in [0.2, 0.25) is 0 Å². The predicted octanol–water partition coefficient (Wildman–Crippen LogP) is 4.35. The summed E-state index contributed by atoms with van der Waals surface area (Å²) >= 11 is 0. The second kappa shape index (κ2) is 8.21. The Kier molecular flexibility index (Phi) is 5.86. The maximum absolute atomic E-state index is 14.3. The van der Waals surface area contributed by atoms with Crippen molar-refractivity contribution in [3.8, 4) is 0 Å². The fourth-order valence-corrected chi connectivity index (χ4v) is 5.90. The Morgan fingerprint density at radius 2 is 1.71 bits per heavy atom. The zero-order valence-electron chi connectivity index (χ0n) is 17.7. The van der Waals surface area contributed by atoms with Crippen LogP contribution in [-0.4, -0.2) is 68.3 Å². The van der Waals surface area contributed by atoms with Gasteiger partial charge in [-0.3, -0.25) is 0 Å². The lowest BCUT2D eigenvalue weighted by Gasteiger charge is -2.51. The molecule has 0 radical (unpaired) electrons. The fraction of sp³-hybridized carbons (Fsp3) is 0.696. The molecule has 4 rings (SSSR count). The minimum absolute atomic E-state index is 0.119. The lowest BCUT2D eigenvalue weighted by atomic mass is 9.99. The molecule has 1 aromatic rings. The molecule has 2 heterocycles. The first-order valence-corrected chi connectivity index (χ1v) is 11.2. The second-order valence-electron chi connectivity index (χ2n) is 9.62. The third-order valence-corrected chi connectivity index (χ3v) is 7.60. The Morgan fingerprint density at radius 3 is 2.39 bits per heavy atom. The standard InChI is InChI=1S/C23H37FN4/c1-26-14-12-21(13-15-26)27(2)17-25-18-28(19-27,22-9-5-3-4-6-10-22)23-11-7-8-20(24)16-23/h7-8,11,16-17,21-22H,3-6,9-10,12-15,18-19H2,1-2H3/q+2. The first-order valence-electron chi connectivity index (χ1n) is 11.2. The molecule has 1 aliphatic carbocycles. The largest absolute Gasteiger partial charge is 0.306 e. The van der Waals surface area contributed by atoms with Crippen LogP contribution in [0.15, 0.2) is 29.3 Å². The van der Waals surface area contributed by atoms with E-state index in [1.807, 2.05) is 6.07 Å². The van der Waals surface area contributed by atoms with E-state index in [-0.39, 0.29) is 5.82 Å². The van der Waals surface area contributed by atoms with Gasteiger partial charge in [-0.1, -0.05) is 18.9 Å². The molecule has 2 aliphatic heterocycles. The van der Waals surface area contributed by atoms with Crippen molar-refractivity contribution in [2.75, 3.05) is 40.5 Å². The van der Waals surface area contributed by atoms with Gasteiger partial charge in [0.2, 0.25) is 6.67 Å². The highest BCUT2D eigenvalue weighted by Gasteiger charge is 2.50. The summed E-state index contributed by atoms with van der Waals surface area (Å²) in [5.74, 6) is -0.119. The highest BCUT2D eigenvalue weighted by Crippen LogP contribution is 2.38. The zero-order chi connectivity index (χ0) is 19.6. The summed E-state index contributed by atoms with van der Waals surface area (Å²) in [5, 5.41) is 0. The van der Waals surface area contributed by atoms with E-state index < -0.39 is 0 Å². The molecule has 2 atom stereocenters. The number of aliphatic imine (C=N–C) groups is 1. The molecule has 2 fully saturated rings. The van der Waals surface area contributed by atoms with Gasteiger partial charge in [-0.05, 0) is 32.0 Å². The predicted molar refractivity (Wildman–Crippen MR) is 115 cm³/mol. The van der Waals surface area contributed by atoms with E-state index in [2.05, 4.69) is 31.4 Å². The molecular weight excluding hydrogens is 351 g/mol. The average Bonchev–Trinajstić information content (AvgIpc) is 2.98. The topological polar surface area (TPSA) is 15.6 Å². The monoisotopic (exact) mass is 388 g/mol. The smallest absolute Gasteiger partial charge is 0.219 e. The van der Waals surface area contributed by atoms with E-state index in [4.69, 9.17) is 4.99 Å². The SMILES string of the molecule is CN1CCC([N+]2(C)C=NC[N+](c3cccc(F)c3)(C3CCCCCC3)C2)CC1. The normalized spacial score (nSPS) is 33.7. The Balaban J connectivity index is 1.70. The molecule has 0 spiro atoms. The second-order valence-corrected chi connectivity index (χ2v) is 9.62. The van der Waals surface area contributed by atoms with Crippen molar-refractivity contribution >= 4 is 12.0 Å². The molecule has 1 saturated carbocycles. The number of nitrogens with zero attached hydrogens (tertiary/aromatic N) is 4. The number of piperidine rings is 1. The first-order chi connectivity index (χ1) is 13.5. The summed E-state index contributed by atoms with van der Waals surface area (Å²) in [5.41, 5.74) is 1.13. The van der Waals surface area contributed by atoms with Gasteiger partial charge in [-0.2, -0.15) is 4.99 Å². The zero-order valence-corrected chi connectivity index (χ0v) is 17.7. The van der Waals surface area contributed by atoms with Crippen molar-refractivity contribution in [2.45, 2.75) is 63.5 Å². The van der Waals surface area contributed by atoms with E-state index >= 15 is 0 Å². The summed E-state index contributed by atoms with van der Waals surface area (Å²) < 4.78 is 16.0. The molecular formula is C23H37FN4+2. The van der Waals surface area contributed by atoms with E-state index in [1.54, 1.807) is 12.1 Å². The minimum Gasteiger partial charge on any atom is -0.306 e. The molecule has 154 valence electrons. The van der Waals surface area contributed by atoms with Crippen LogP contribution >= 0.6 is 0 Å². The van der Waals surface area contributed by atoms with Crippen LogP contribution in [0.3, 0.4) is 0 Å². The van der Waals surface area contributed by atoms with Crippen molar-refractivity contribution in [1.29, 1.82) is 0 Å². The van der Waals surface area contributed by atoms with Crippen LogP contribution in [0, 0.1) is 5.82 Å². The highest BCUT2D eigenvalue weighted by atomic mass is 19.1. The van der Waals surface area contributed by atoms with Gasteiger partial charge in [0.05, 0.1) is 13.1 Å². The third-order valence-electron chi connectivity index (χ3n) is 7.60. The van der Waals surface area contributed by atoms with E-state index in [9.17, 15) is 4.39 Å². The molecule has 0 amide bonds. The molecule has 28 heavy (non-hydrogen) atoms. The first kappa shape index (κ1) is 20.0. The van der Waals surface area contributed by atoms with Gasteiger partial charge in [0.15, 0.2) is 13.0 Å². The van der Waals surface area contributed by atoms with E-state index in [0.29, 0.717) is 12.1 Å². The third kappa shape index (κ3) is 3.89. The molecule has 3 aliphatic rings. The summed E-state index contributed by atoms with van der Waals surface area (Å²) in [6.45, 7) is 4.09. The van der Waals surface area contributed by atoms with Crippen molar-refractivity contribution in [1.82, 2.24) is 9.38 Å². The summed E-state index contributed by atoms with van der Waals surface area (Å²) in [6, 6.07) is 8.55. The van der Waals surface area contributed by atoms with Crippen LogP contribution in [0.4, 0.5) is 10.1 Å². The number of benzene rings is 1. The molecule has 0 bridgehead atoms. The summed E-state index contributed by atoms with van der Waals surface area (Å²) in [7, 11) is 4.58. The number of quaternary nitrogens is 2. The number of hydrogen-bond donors (Lipinski definition) is 0. The van der Waals surface area contributed by atoms with Crippen LogP contribution in [0.5, 0.6) is 0 Å². The Hall–Kier alpha value is -1.30. The van der Waals surface area contributed by atoms with E-state index in [0.717, 1.165) is 41.1 Å². The van der Waals surface area contributed by atoms with Crippen molar-refractivity contribution in [2.24, 2.45) is 4.99 Å². The molecule has 0 aromatic heterocycles. The van der Waals surface area contributed by atoms with Crippen LogP contribution in [-0.2, 0) is 0 Å². The van der Waals surface area contributed by atoms with Gasteiger partial charge >= 0.3 is 0 Å². The summed E-state index contributed by atoms with van der Waals surface area (Å²) in [6.07, 6.45) is 12.4. The maximum Gasteiger partial charge on any atom is 0.219 e. The number of likely N-dealkylation sites (tertiary alicyclic amines) is 1. The molecule has 2 unspecified atom stereocenters. The molecule has 0 N–H and O–H groups in total. The lowest BCUT2D eigenvalue weighted by Crippen LogP contribution is -2.71. The van der Waals surface area contributed by atoms with Gasteiger partial charge in [-0.15, -0.1) is 0 Å². The Morgan fingerprint density at radius 1 is 1.00 bits per heavy atom. The quantitative estimate of drug-likeness (QED) is 0.555. The summed E-state index contributed by atoms with van der Waals surface area (Å²) in [4.78, 5) is 7.41. The van der Waals surface area contributed by atoms with Crippen molar-refractivity contribution in [3.63, 3.8) is 0 Å². The Labute approximate surface area is 169 Å². The Bertz CT molecular complexity index is 692. The molecule has 1 saturated heterocycles.